The van der Waals surface area contributed by atoms with Crippen molar-refractivity contribution in [2.45, 2.75) is 37.1 Å². The molecule has 1 N–H and O–H groups in total. The second-order valence-corrected chi connectivity index (χ2v) is 7.59. The van der Waals surface area contributed by atoms with Crippen LogP contribution in [0.3, 0.4) is 0 Å². The number of benzene rings is 2. The highest BCUT2D eigenvalue weighted by molar-refractivity contribution is 7.98. The van der Waals surface area contributed by atoms with Gasteiger partial charge in [0.25, 0.3) is 11.5 Å². The zero-order chi connectivity index (χ0) is 18.8. The number of aromatic nitrogens is 2. The van der Waals surface area contributed by atoms with Crippen LogP contribution in [-0.2, 0) is 13.0 Å². The van der Waals surface area contributed by atoms with Crippen molar-refractivity contribution in [3.63, 3.8) is 0 Å². The third-order valence-corrected chi connectivity index (χ3v) is 5.63. The minimum atomic E-state index is -0.202. The maximum atomic E-state index is 12.8. The van der Waals surface area contributed by atoms with Crippen molar-refractivity contribution < 1.29 is 4.79 Å². The number of nitrogens with one attached hydrogen (secondary N) is 1. The maximum Gasteiger partial charge on any atom is 0.261 e. The highest BCUT2D eigenvalue weighted by atomic mass is 32.2. The van der Waals surface area contributed by atoms with Gasteiger partial charge in [0.05, 0.1) is 10.9 Å². The number of thioether (sulfide) groups is 1. The Morgan fingerprint density at radius 1 is 1.15 bits per heavy atom. The SMILES string of the molecule is CSc1cccc(NC(=O)c2ccc3c(=O)n4c(nc3c2)CCCCC4)c1. The first-order chi connectivity index (χ1) is 13.2. The Morgan fingerprint density at radius 2 is 2.04 bits per heavy atom. The van der Waals surface area contributed by atoms with E-state index in [1.54, 1.807) is 34.5 Å². The second kappa shape index (κ2) is 7.56. The van der Waals surface area contributed by atoms with Gasteiger partial charge in [0, 0.05) is 29.1 Å². The highest BCUT2D eigenvalue weighted by Gasteiger charge is 2.15. The minimum Gasteiger partial charge on any atom is -0.322 e. The number of nitrogens with zero attached hydrogens (tertiary/aromatic N) is 2. The van der Waals surface area contributed by atoms with Crippen molar-refractivity contribution in [1.82, 2.24) is 9.55 Å². The summed E-state index contributed by atoms with van der Waals surface area (Å²) >= 11 is 1.63. The molecule has 2 aromatic carbocycles. The van der Waals surface area contributed by atoms with Crippen LogP contribution in [-0.4, -0.2) is 21.7 Å². The van der Waals surface area contributed by atoms with Crippen LogP contribution in [0.1, 0.15) is 35.4 Å². The molecule has 1 aliphatic rings. The van der Waals surface area contributed by atoms with E-state index in [0.717, 1.165) is 48.6 Å². The molecule has 1 aromatic heterocycles. The first kappa shape index (κ1) is 17.8. The van der Waals surface area contributed by atoms with Crippen LogP contribution in [0.5, 0.6) is 0 Å². The summed E-state index contributed by atoms with van der Waals surface area (Å²) in [5.74, 6) is 0.627. The maximum absolute atomic E-state index is 12.8. The number of fused-ring (bicyclic) bond motifs is 2. The van der Waals surface area contributed by atoms with Crippen molar-refractivity contribution in [2.75, 3.05) is 11.6 Å². The molecular formula is C21H21N3O2S. The molecule has 0 atom stereocenters. The summed E-state index contributed by atoms with van der Waals surface area (Å²) in [6.07, 6.45) is 5.97. The smallest absolute Gasteiger partial charge is 0.261 e. The van der Waals surface area contributed by atoms with Gasteiger partial charge in [0.2, 0.25) is 0 Å². The van der Waals surface area contributed by atoms with Gasteiger partial charge in [-0.25, -0.2) is 4.98 Å². The van der Waals surface area contributed by atoms with Gasteiger partial charge in [-0.3, -0.25) is 14.2 Å². The zero-order valence-corrected chi connectivity index (χ0v) is 16.0. The van der Waals surface area contributed by atoms with Crippen molar-refractivity contribution in [3.05, 3.63) is 64.2 Å². The molecule has 0 radical (unpaired) electrons. The highest BCUT2D eigenvalue weighted by Crippen LogP contribution is 2.20. The van der Waals surface area contributed by atoms with E-state index in [1.807, 2.05) is 30.5 Å². The van der Waals surface area contributed by atoms with Crippen LogP contribution in [0.25, 0.3) is 10.9 Å². The van der Waals surface area contributed by atoms with Crippen molar-refractivity contribution >= 4 is 34.3 Å². The van der Waals surface area contributed by atoms with Gasteiger partial charge >= 0.3 is 0 Å². The number of carbonyl (C=O) groups is 1. The van der Waals surface area contributed by atoms with Gasteiger partial charge < -0.3 is 5.32 Å². The van der Waals surface area contributed by atoms with Gasteiger partial charge in [0.1, 0.15) is 5.82 Å². The first-order valence-corrected chi connectivity index (χ1v) is 10.4. The van der Waals surface area contributed by atoms with Crippen molar-refractivity contribution in [3.8, 4) is 0 Å². The summed E-state index contributed by atoms with van der Waals surface area (Å²) in [6, 6.07) is 12.9. The first-order valence-electron chi connectivity index (χ1n) is 9.14. The van der Waals surface area contributed by atoms with Crippen LogP contribution < -0.4 is 10.9 Å². The Bertz CT molecular complexity index is 1070. The molecular weight excluding hydrogens is 358 g/mol. The number of rotatable bonds is 3. The lowest BCUT2D eigenvalue weighted by Gasteiger charge is -2.11. The number of hydrogen-bond acceptors (Lipinski definition) is 4. The van der Waals surface area contributed by atoms with Gasteiger partial charge in [0.15, 0.2) is 0 Å². The predicted molar refractivity (Wildman–Crippen MR) is 110 cm³/mol. The van der Waals surface area contributed by atoms with E-state index >= 15 is 0 Å². The molecule has 0 aliphatic carbocycles. The molecule has 3 aromatic rings. The largest absolute Gasteiger partial charge is 0.322 e. The Balaban J connectivity index is 1.68. The molecule has 4 rings (SSSR count). The molecule has 0 saturated heterocycles. The van der Waals surface area contributed by atoms with E-state index in [-0.39, 0.29) is 11.5 Å². The number of hydrogen-bond donors (Lipinski definition) is 1. The van der Waals surface area contributed by atoms with E-state index in [2.05, 4.69) is 5.32 Å². The Morgan fingerprint density at radius 3 is 2.89 bits per heavy atom. The number of anilines is 1. The minimum absolute atomic E-state index is 0.00321. The van der Waals surface area contributed by atoms with Crippen molar-refractivity contribution in [1.29, 1.82) is 0 Å². The third kappa shape index (κ3) is 3.62. The average molecular weight is 379 g/mol. The summed E-state index contributed by atoms with van der Waals surface area (Å²) in [5, 5.41) is 3.49. The molecule has 1 amide bonds. The van der Waals surface area contributed by atoms with Crippen LogP contribution in [0, 0.1) is 0 Å². The van der Waals surface area contributed by atoms with Gasteiger partial charge in [-0.15, -0.1) is 11.8 Å². The molecule has 6 heteroatoms. The number of aryl methyl sites for hydroxylation is 1. The Labute approximate surface area is 161 Å². The fraction of sp³-hybridized carbons (Fsp3) is 0.286. The monoisotopic (exact) mass is 379 g/mol. The van der Waals surface area contributed by atoms with E-state index in [4.69, 9.17) is 4.98 Å². The molecule has 27 heavy (non-hydrogen) atoms. The van der Waals surface area contributed by atoms with Crippen LogP contribution >= 0.6 is 11.8 Å². The van der Waals surface area contributed by atoms with Crippen LogP contribution in [0.4, 0.5) is 5.69 Å². The van der Waals surface area contributed by atoms with E-state index < -0.39 is 0 Å². The molecule has 0 saturated carbocycles. The van der Waals surface area contributed by atoms with E-state index in [0.29, 0.717) is 16.5 Å². The average Bonchev–Trinajstić information content (AvgIpc) is 2.93. The summed E-state index contributed by atoms with van der Waals surface area (Å²) < 4.78 is 1.79. The Hall–Kier alpha value is -2.60. The van der Waals surface area contributed by atoms with Crippen LogP contribution in [0.15, 0.2) is 52.2 Å². The Kier molecular flexibility index (Phi) is 4.99. The molecule has 0 fully saturated rings. The molecule has 5 nitrogen and oxygen atoms in total. The number of carbonyl (C=O) groups excluding carboxylic acids is 1. The quantitative estimate of drug-likeness (QED) is 0.696. The fourth-order valence-electron chi connectivity index (χ4n) is 3.46. The number of amides is 1. The van der Waals surface area contributed by atoms with E-state index in [9.17, 15) is 9.59 Å². The summed E-state index contributed by atoms with van der Waals surface area (Å²) in [6.45, 7) is 0.727. The summed E-state index contributed by atoms with van der Waals surface area (Å²) in [5.41, 5.74) is 1.85. The lowest BCUT2D eigenvalue weighted by Crippen LogP contribution is -2.24. The molecule has 2 heterocycles. The summed E-state index contributed by atoms with van der Waals surface area (Å²) in [4.78, 5) is 31.2. The lowest BCUT2D eigenvalue weighted by molar-refractivity contribution is 0.102. The van der Waals surface area contributed by atoms with E-state index in [1.165, 1.54) is 0 Å². The third-order valence-electron chi connectivity index (χ3n) is 4.91. The normalized spacial score (nSPS) is 13.8. The standard InChI is InChI=1S/C21H21N3O2S/c1-27-16-7-5-6-15(13-16)22-20(25)14-9-10-17-18(12-14)23-19-8-3-2-4-11-24(19)21(17)26/h5-7,9-10,12-13H,2-4,8,11H2,1H3,(H,22,25). The predicted octanol–water partition coefficient (Wildman–Crippen LogP) is 4.10. The topological polar surface area (TPSA) is 64.0 Å². The summed E-state index contributed by atoms with van der Waals surface area (Å²) in [7, 11) is 0. The van der Waals surface area contributed by atoms with Crippen LogP contribution in [0.2, 0.25) is 0 Å². The zero-order valence-electron chi connectivity index (χ0n) is 15.2. The van der Waals surface area contributed by atoms with Gasteiger partial charge in [-0.2, -0.15) is 0 Å². The molecule has 0 unspecified atom stereocenters. The molecule has 1 aliphatic heterocycles. The molecule has 0 spiro atoms. The lowest BCUT2D eigenvalue weighted by atomic mass is 10.1. The van der Waals surface area contributed by atoms with Gasteiger partial charge in [-0.1, -0.05) is 12.5 Å². The van der Waals surface area contributed by atoms with Crippen molar-refractivity contribution in [2.24, 2.45) is 0 Å². The fourth-order valence-corrected chi connectivity index (χ4v) is 3.92. The molecule has 138 valence electrons. The second-order valence-electron chi connectivity index (χ2n) is 6.71. The molecule has 0 bridgehead atoms. The van der Waals surface area contributed by atoms with Gasteiger partial charge in [-0.05, 0) is 55.5 Å².